The van der Waals surface area contributed by atoms with Crippen LogP contribution in [0.15, 0.2) is 30.3 Å². The fourth-order valence-electron chi connectivity index (χ4n) is 3.62. The Morgan fingerprint density at radius 1 is 1.00 bits per heavy atom. The van der Waals surface area contributed by atoms with Crippen LogP contribution in [0, 0.1) is 33.6 Å². The Hall–Kier alpha value is -2.22. The van der Waals surface area contributed by atoms with E-state index in [1.54, 1.807) is 0 Å². The molecule has 0 saturated heterocycles. The molecule has 1 heterocycles. The highest BCUT2D eigenvalue weighted by atomic mass is 15.0. The van der Waals surface area contributed by atoms with Gasteiger partial charge in [0.2, 0.25) is 0 Å². The van der Waals surface area contributed by atoms with E-state index in [-0.39, 0.29) is 0 Å². The Kier molecular flexibility index (Phi) is 4.64. The van der Waals surface area contributed by atoms with Crippen molar-refractivity contribution >= 4 is 10.9 Å². The van der Waals surface area contributed by atoms with Gasteiger partial charge < -0.3 is 0 Å². The maximum atomic E-state index is 5.08. The fraction of sp³-hybridized carbons (Fsp3) is 0.391. The highest BCUT2D eigenvalue weighted by Gasteiger charge is 2.21. The summed E-state index contributed by atoms with van der Waals surface area (Å²) in [6.07, 6.45) is 1.09. The molecule has 0 spiro atoms. The lowest BCUT2D eigenvalue weighted by Crippen LogP contribution is -2.36. The lowest BCUT2D eigenvalue weighted by molar-refractivity contribution is -0.667. The Labute approximate surface area is 151 Å². The third-order valence-electron chi connectivity index (χ3n) is 5.20. The van der Waals surface area contributed by atoms with Crippen molar-refractivity contribution in [3.8, 4) is 11.4 Å². The second-order valence-electron chi connectivity index (χ2n) is 7.78. The van der Waals surface area contributed by atoms with Gasteiger partial charge in [0.05, 0.1) is 18.0 Å². The van der Waals surface area contributed by atoms with Gasteiger partial charge in [-0.1, -0.05) is 26.0 Å². The minimum Gasteiger partial charge on any atom is -0.230 e. The van der Waals surface area contributed by atoms with Gasteiger partial charge in [-0.05, 0) is 85.5 Å². The number of rotatable bonds is 3. The van der Waals surface area contributed by atoms with Gasteiger partial charge >= 0.3 is 5.82 Å². The number of fused-ring (bicyclic) bond motifs is 1. The number of aryl methyl sites for hydroxylation is 3. The average Bonchev–Trinajstić information content (AvgIpc) is 2.53. The predicted octanol–water partition coefficient (Wildman–Crippen LogP) is 5.16. The molecule has 25 heavy (non-hydrogen) atoms. The van der Waals surface area contributed by atoms with Gasteiger partial charge in [0.15, 0.2) is 5.52 Å². The molecule has 2 nitrogen and oxygen atoms in total. The van der Waals surface area contributed by atoms with Gasteiger partial charge in [0.1, 0.15) is 5.69 Å². The van der Waals surface area contributed by atoms with E-state index in [1.807, 2.05) is 0 Å². The lowest BCUT2D eigenvalue weighted by atomic mass is 9.98. The molecule has 3 aromatic rings. The van der Waals surface area contributed by atoms with Crippen LogP contribution in [0.5, 0.6) is 0 Å². The Morgan fingerprint density at radius 2 is 1.72 bits per heavy atom. The molecule has 2 aromatic carbocycles. The van der Waals surface area contributed by atoms with Crippen LogP contribution < -0.4 is 4.57 Å². The third kappa shape index (κ3) is 3.30. The summed E-state index contributed by atoms with van der Waals surface area (Å²) in [5, 5.41) is 1.24. The molecule has 130 valence electrons. The van der Waals surface area contributed by atoms with Crippen LogP contribution in [0.25, 0.3) is 22.3 Å². The zero-order valence-corrected chi connectivity index (χ0v) is 16.6. The molecule has 0 aliphatic rings. The first-order valence-corrected chi connectivity index (χ1v) is 9.15. The quantitative estimate of drug-likeness (QED) is 0.605. The maximum absolute atomic E-state index is 5.08. The smallest absolute Gasteiger partial charge is 0.230 e. The second-order valence-corrected chi connectivity index (χ2v) is 7.78. The summed E-state index contributed by atoms with van der Waals surface area (Å²) in [6, 6.07) is 11.2. The lowest BCUT2D eigenvalue weighted by Gasteiger charge is -2.11. The van der Waals surface area contributed by atoms with E-state index in [9.17, 15) is 0 Å². The summed E-state index contributed by atoms with van der Waals surface area (Å²) in [6.45, 7) is 13.2. The number of hydrogen-bond donors (Lipinski definition) is 0. The van der Waals surface area contributed by atoms with Crippen LogP contribution in [0.1, 0.15) is 41.8 Å². The highest BCUT2D eigenvalue weighted by Crippen LogP contribution is 2.26. The zero-order chi connectivity index (χ0) is 18.3. The van der Waals surface area contributed by atoms with E-state index in [4.69, 9.17) is 4.98 Å². The van der Waals surface area contributed by atoms with Crippen LogP contribution >= 0.6 is 0 Å². The first-order chi connectivity index (χ1) is 11.8. The summed E-state index contributed by atoms with van der Waals surface area (Å²) in [7, 11) is 2.12. The van der Waals surface area contributed by atoms with Crippen molar-refractivity contribution in [3.05, 3.63) is 58.3 Å². The summed E-state index contributed by atoms with van der Waals surface area (Å²) in [4.78, 5) is 5.08. The molecule has 1 aromatic heterocycles. The molecule has 0 bridgehead atoms. The van der Waals surface area contributed by atoms with Crippen molar-refractivity contribution in [1.82, 2.24) is 4.98 Å². The standard InChI is InChI=1S/C23H29N2/c1-14(2)10-19-8-9-20-18(6)25(7)23(24-22(20)13-19)21-12-15(3)11-16(4)17(21)5/h8-9,11-14H,10H2,1-7H3/q+1. The number of hydrogen-bond acceptors (Lipinski definition) is 1. The molecular formula is C23H29N2+. The van der Waals surface area contributed by atoms with Gasteiger partial charge in [0, 0.05) is 0 Å². The molecule has 0 atom stereocenters. The first-order valence-electron chi connectivity index (χ1n) is 9.15. The molecule has 0 amide bonds. The number of benzene rings is 2. The van der Waals surface area contributed by atoms with E-state index >= 15 is 0 Å². The van der Waals surface area contributed by atoms with Crippen molar-refractivity contribution in [2.75, 3.05) is 0 Å². The Morgan fingerprint density at radius 3 is 2.40 bits per heavy atom. The molecule has 0 fully saturated rings. The van der Waals surface area contributed by atoms with Gasteiger partial charge in [-0.15, -0.1) is 0 Å². The van der Waals surface area contributed by atoms with E-state index in [0.29, 0.717) is 5.92 Å². The topological polar surface area (TPSA) is 16.8 Å². The van der Waals surface area contributed by atoms with Gasteiger partial charge in [0.25, 0.3) is 0 Å². The average molecular weight is 333 g/mol. The molecule has 2 heteroatoms. The molecule has 0 saturated carbocycles. The first kappa shape index (κ1) is 17.6. The maximum Gasteiger partial charge on any atom is 0.331 e. The molecule has 3 rings (SSSR count). The van der Waals surface area contributed by atoms with Crippen LogP contribution in [-0.4, -0.2) is 4.98 Å². The van der Waals surface area contributed by atoms with Crippen molar-refractivity contribution in [2.45, 2.75) is 48.0 Å². The largest absolute Gasteiger partial charge is 0.331 e. The summed E-state index contributed by atoms with van der Waals surface area (Å²) >= 11 is 0. The van der Waals surface area contributed by atoms with E-state index < -0.39 is 0 Å². The molecule has 0 N–H and O–H groups in total. The van der Waals surface area contributed by atoms with Crippen LogP contribution in [-0.2, 0) is 13.5 Å². The van der Waals surface area contributed by atoms with Crippen molar-refractivity contribution < 1.29 is 4.57 Å². The third-order valence-corrected chi connectivity index (χ3v) is 5.20. The number of nitrogens with zero attached hydrogens (tertiary/aromatic N) is 2. The summed E-state index contributed by atoms with van der Waals surface area (Å²) in [5.41, 5.74) is 8.88. The monoisotopic (exact) mass is 333 g/mol. The molecular weight excluding hydrogens is 304 g/mol. The zero-order valence-electron chi connectivity index (χ0n) is 16.6. The SMILES string of the molecule is Cc1cc(C)c(C)c(-c2nc3cc(CC(C)C)ccc3c(C)[n+]2C)c1. The highest BCUT2D eigenvalue weighted by molar-refractivity contribution is 5.82. The number of aromatic nitrogens is 2. The normalized spacial score (nSPS) is 11.5. The van der Waals surface area contributed by atoms with Crippen molar-refractivity contribution in [1.29, 1.82) is 0 Å². The van der Waals surface area contributed by atoms with Crippen LogP contribution in [0.3, 0.4) is 0 Å². The summed E-state index contributed by atoms with van der Waals surface area (Å²) < 4.78 is 2.23. The molecule has 0 aliphatic heterocycles. The van der Waals surface area contributed by atoms with Gasteiger partial charge in [-0.25, -0.2) is 4.57 Å². The Bertz CT molecular complexity index is 952. The minimum atomic E-state index is 0.652. The molecule has 0 unspecified atom stereocenters. The van der Waals surface area contributed by atoms with Gasteiger partial charge in [-0.3, -0.25) is 0 Å². The summed E-state index contributed by atoms with van der Waals surface area (Å²) in [5.74, 6) is 1.70. The minimum absolute atomic E-state index is 0.652. The molecule has 0 aliphatic carbocycles. The van der Waals surface area contributed by atoms with E-state index in [0.717, 1.165) is 17.8 Å². The predicted molar refractivity (Wildman–Crippen MR) is 106 cm³/mol. The van der Waals surface area contributed by atoms with Gasteiger partial charge in [-0.2, -0.15) is 0 Å². The van der Waals surface area contributed by atoms with Crippen molar-refractivity contribution in [3.63, 3.8) is 0 Å². The second kappa shape index (κ2) is 6.59. The van der Waals surface area contributed by atoms with Crippen LogP contribution in [0.2, 0.25) is 0 Å². The van der Waals surface area contributed by atoms with Crippen LogP contribution in [0.4, 0.5) is 0 Å². The fourth-order valence-corrected chi connectivity index (χ4v) is 3.62. The Balaban J connectivity index is 2.27. The molecule has 0 radical (unpaired) electrons. The van der Waals surface area contributed by atoms with Crippen molar-refractivity contribution in [2.24, 2.45) is 13.0 Å². The van der Waals surface area contributed by atoms with E-state index in [2.05, 4.69) is 83.5 Å². The van der Waals surface area contributed by atoms with E-state index in [1.165, 1.54) is 38.9 Å².